The minimum atomic E-state index is -0.821. The lowest BCUT2D eigenvalue weighted by molar-refractivity contribution is -0.154. The van der Waals surface area contributed by atoms with Gasteiger partial charge in [0.2, 0.25) is 5.91 Å². The molecule has 2 saturated heterocycles. The van der Waals surface area contributed by atoms with Crippen LogP contribution in [0.4, 0.5) is 0 Å². The van der Waals surface area contributed by atoms with Gasteiger partial charge < -0.3 is 20.1 Å². The molecule has 0 aromatic rings. The van der Waals surface area contributed by atoms with E-state index in [2.05, 4.69) is 5.32 Å². The Balaban J connectivity index is 2.05. The van der Waals surface area contributed by atoms with Crippen molar-refractivity contribution in [3.05, 3.63) is 0 Å². The van der Waals surface area contributed by atoms with Gasteiger partial charge in [-0.3, -0.25) is 9.59 Å². The SMILES string of the molecule is CNC1COCC1C(=O)N1CCCC(C)(C(=O)O)C1. The summed E-state index contributed by atoms with van der Waals surface area (Å²) >= 11 is 0. The van der Waals surface area contributed by atoms with E-state index in [1.165, 1.54) is 0 Å². The maximum atomic E-state index is 12.5. The lowest BCUT2D eigenvalue weighted by atomic mass is 9.81. The molecule has 1 amide bonds. The molecule has 2 aliphatic heterocycles. The summed E-state index contributed by atoms with van der Waals surface area (Å²) in [6, 6.07) is 0.0329. The Morgan fingerprint density at radius 3 is 2.79 bits per heavy atom. The Morgan fingerprint density at radius 2 is 2.16 bits per heavy atom. The van der Waals surface area contributed by atoms with Gasteiger partial charge in [-0.1, -0.05) is 0 Å². The van der Waals surface area contributed by atoms with Crippen molar-refractivity contribution in [3.63, 3.8) is 0 Å². The molecule has 2 aliphatic rings. The number of carbonyl (C=O) groups excluding carboxylic acids is 1. The number of amides is 1. The number of aliphatic carboxylic acids is 1. The van der Waals surface area contributed by atoms with Crippen molar-refractivity contribution < 1.29 is 19.4 Å². The smallest absolute Gasteiger partial charge is 0.311 e. The van der Waals surface area contributed by atoms with Crippen LogP contribution < -0.4 is 5.32 Å². The second kappa shape index (κ2) is 5.46. The van der Waals surface area contributed by atoms with Gasteiger partial charge in [0.1, 0.15) is 0 Å². The Morgan fingerprint density at radius 1 is 1.42 bits per heavy atom. The van der Waals surface area contributed by atoms with Gasteiger partial charge in [-0.15, -0.1) is 0 Å². The van der Waals surface area contributed by atoms with Crippen LogP contribution in [0.1, 0.15) is 19.8 Å². The predicted octanol–water partition coefficient (Wildman–Crippen LogP) is -0.0659. The number of nitrogens with zero attached hydrogens (tertiary/aromatic N) is 1. The fourth-order valence-electron chi connectivity index (χ4n) is 2.92. The number of carboxylic acids is 1. The molecule has 108 valence electrons. The van der Waals surface area contributed by atoms with Crippen LogP contribution in [0.5, 0.6) is 0 Å². The fourth-order valence-corrected chi connectivity index (χ4v) is 2.92. The van der Waals surface area contributed by atoms with Crippen molar-refractivity contribution in [1.82, 2.24) is 10.2 Å². The minimum Gasteiger partial charge on any atom is -0.481 e. The van der Waals surface area contributed by atoms with E-state index in [1.807, 2.05) is 7.05 Å². The minimum absolute atomic E-state index is 0.0176. The van der Waals surface area contributed by atoms with Gasteiger partial charge in [-0.25, -0.2) is 0 Å². The van der Waals surface area contributed by atoms with Crippen LogP contribution in [0.15, 0.2) is 0 Å². The number of likely N-dealkylation sites (N-methyl/N-ethyl adjacent to an activating group) is 1. The van der Waals surface area contributed by atoms with Crippen molar-refractivity contribution in [2.75, 3.05) is 33.4 Å². The Bertz CT molecular complexity index is 374. The summed E-state index contributed by atoms with van der Waals surface area (Å²) in [6.45, 7) is 3.62. The van der Waals surface area contributed by atoms with Gasteiger partial charge in [0.25, 0.3) is 0 Å². The van der Waals surface area contributed by atoms with E-state index < -0.39 is 11.4 Å². The standard InChI is InChI=1S/C13H22N2O4/c1-13(12(17)18)4-3-5-15(8-13)11(16)9-6-19-7-10(9)14-2/h9-10,14H,3-8H2,1-2H3,(H,17,18). The van der Waals surface area contributed by atoms with Gasteiger partial charge in [-0.05, 0) is 26.8 Å². The van der Waals surface area contributed by atoms with Gasteiger partial charge in [0, 0.05) is 19.1 Å². The quantitative estimate of drug-likeness (QED) is 0.751. The maximum Gasteiger partial charge on any atom is 0.311 e. The number of nitrogens with one attached hydrogen (secondary N) is 1. The van der Waals surface area contributed by atoms with E-state index in [1.54, 1.807) is 11.8 Å². The molecule has 0 bridgehead atoms. The van der Waals surface area contributed by atoms with E-state index >= 15 is 0 Å². The number of carbonyl (C=O) groups is 2. The molecule has 2 fully saturated rings. The average molecular weight is 270 g/mol. The normalized spacial score (nSPS) is 35.4. The largest absolute Gasteiger partial charge is 0.481 e. The maximum absolute atomic E-state index is 12.5. The third-order valence-electron chi connectivity index (χ3n) is 4.29. The van der Waals surface area contributed by atoms with Crippen LogP contribution in [-0.2, 0) is 14.3 Å². The Kier molecular flexibility index (Phi) is 4.10. The summed E-state index contributed by atoms with van der Waals surface area (Å²) in [7, 11) is 1.82. The number of hydrogen-bond acceptors (Lipinski definition) is 4. The first kappa shape index (κ1) is 14.3. The van der Waals surface area contributed by atoms with E-state index in [0.717, 1.165) is 6.42 Å². The summed E-state index contributed by atoms with van der Waals surface area (Å²) < 4.78 is 5.35. The van der Waals surface area contributed by atoms with Crippen molar-refractivity contribution >= 4 is 11.9 Å². The first-order valence-corrected chi connectivity index (χ1v) is 6.75. The van der Waals surface area contributed by atoms with Crippen molar-refractivity contribution in [3.8, 4) is 0 Å². The molecule has 6 nitrogen and oxygen atoms in total. The van der Waals surface area contributed by atoms with Gasteiger partial charge in [-0.2, -0.15) is 0 Å². The third-order valence-corrected chi connectivity index (χ3v) is 4.29. The molecular weight excluding hydrogens is 248 g/mol. The van der Waals surface area contributed by atoms with Gasteiger partial charge in [0.15, 0.2) is 0 Å². The molecule has 3 unspecified atom stereocenters. The molecule has 2 N–H and O–H groups in total. The molecule has 0 aromatic carbocycles. The highest BCUT2D eigenvalue weighted by Gasteiger charge is 2.43. The molecule has 19 heavy (non-hydrogen) atoms. The zero-order chi connectivity index (χ0) is 14.0. The Labute approximate surface area is 113 Å². The number of rotatable bonds is 3. The number of ether oxygens (including phenoxy) is 1. The topological polar surface area (TPSA) is 78.9 Å². The zero-order valence-electron chi connectivity index (χ0n) is 11.5. The van der Waals surface area contributed by atoms with E-state index in [9.17, 15) is 14.7 Å². The number of hydrogen-bond donors (Lipinski definition) is 2. The number of piperidine rings is 1. The van der Waals surface area contributed by atoms with Gasteiger partial charge >= 0.3 is 5.97 Å². The fraction of sp³-hybridized carbons (Fsp3) is 0.846. The molecule has 0 aliphatic carbocycles. The van der Waals surface area contributed by atoms with Crippen LogP contribution in [0.2, 0.25) is 0 Å². The number of carboxylic acid groups (broad SMARTS) is 1. The highest BCUT2D eigenvalue weighted by Crippen LogP contribution is 2.31. The molecule has 2 heterocycles. The van der Waals surface area contributed by atoms with Crippen LogP contribution in [-0.4, -0.2) is 61.3 Å². The van der Waals surface area contributed by atoms with Crippen LogP contribution in [0.3, 0.4) is 0 Å². The molecule has 3 atom stereocenters. The lowest BCUT2D eigenvalue weighted by Crippen LogP contribution is -2.52. The molecule has 2 rings (SSSR count). The van der Waals surface area contributed by atoms with Crippen molar-refractivity contribution in [2.45, 2.75) is 25.8 Å². The van der Waals surface area contributed by atoms with Crippen LogP contribution in [0, 0.1) is 11.3 Å². The molecule has 0 radical (unpaired) electrons. The number of likely N-dealkylation sites (tertiary alicyclic amines) is 1. The zero-order valence-corrected chi connectivity index (χ0v) is 11.5. The first-order valence-electron chi connectivity index (χ1n) is 6.75. The van der Waals surface area contributed by atoms with Crippen LogP contribution >= 0.6 is 0 Å². The lowest BCUT2D eigenvalue weighted by Gasteiger charge is -2.39. The van der Waals surface area contributed by atoms with E-state index in [-0.39, 0.29) is 17.9 Å². The molecule has 0 spiro atoms. The van der Waals surface area contributed by atoms with E-state index in [0.29, 0.717) is 32.7 Å². The van der Waals surface area contributed by atoms with E-state index in [4.69, 9.17) is 4.74 Å². The molecular formula is C13H22N2O4. The first-order chi connectivity index (χ1) is 8.98. The van der Waals surface area contributed by atoms with Crippen LogP contribution in [0.25, 0.3) is 0 Å². The summed E-state index contributed by atoms with van der Waals surface area (Å²) in [4.78, 5) is 25.5. The van der Waals surface area contributed by atoms with Crippen molar-refractivity contribution in [1.29, 1.82) is 0 Å². The molecule has 6 heteroatoms. The summed E-state index contributed by atoms with van der Waals surface area (Å²) in [6.07, 6.45) is 1.37. The molecule has 0 aromatic heterocycles. The summed E-state index contributed by atoms with van der Waals surface area (Å²) in [5.41, 5.74) is -0.817. The summed E-state index contributed by atoms with van der Waals surface area (Å²) in [5.74, 6) is -0.997. The highest BCUT2D eigenvalue weighted by atomic mass is 16.5. The van der Waals surface area contributed by atoms with Crippen molar-refractivity contribution in [2.24, 2.45) is 11.3 Å². The summed E-state index contributed by atoms with van der Waals surface area (Å²) in [5, 5.41) is 12.4. The third kappa shape index (κ3) is 2.74. The Hall–Kier alpha value is -1.14. The second-order valence-electron chi connectivity index (χ2n) is 5.77. The highest BCUT2D eigenvalue weighted by molar-refractivity contribution is 5.82. The monoisotopic (exact) mass is 270 g/mol. The predicted molar refractivity (Wildman–Crippen MR) is 68.7 cm³/mol. The second-order valence-corrected chi connectivity index (χ2v) is 5.77. The average Bonchev–Trinajstić information content (AvgIpc) is 2.86. The molecule has 0 saturated carbocycles. The van der Waals surface area contributed by atoms with Gasteiger partial charge in [0.05, 0.1) is 24.5 Å².